The average Bonchev–Trinajstić information content (AvgIpc) is 2.71. The van der Waals surface area contributed by atoms with Crippen molar-refractivity contribution in [2.45, 2.75) is 13.8 Å². The molecule has 0 spiro atoms. The third-order valence-corrected chi connectivity index (χ3v) is 2.50. The summed E-state index contributed by atoms with van der Waals surface area (Å²) >= 11 is 0. The molecule has 0 saturated carbocycles. The minimum atomic E-state index is 0.886. The van der Waals surface area contributed by atoms with Gasteiger partial charge in [0.25, 0.3) is 0 Å². The molecule has 2 aromatic rings. The molecule has 2 rings (SSSR count). The van der Waals surface area contributed by atoms with E-state index < -0.39 is 0 Å². The van der Waals surface area contributed by atoms with Crippen molar-refractivity contribution in [3.05, 3.63) is 60.9 Å². The zero-order valence-corrected chi connectivity index (χ0v) is 10.5. The van der Waals surface area contributed by atoms with E-state index in [1.807, 2.05) is 31.2 Å². The monoisotopic (exact) mass is 226 g/mol. The topological polar surface area (TPSA) is 13.1 Å². The van der Waals surface area contributed by atoms with Crippen molar-refractivity contribution in [3.8, 4) is 0 Å². The average molecular weight is 226 g/mol. The Hall–Kier alpha value is -2.02. The first-order valence-electron chi connectivity index (χ1n) is 5.55. The van der Waals surface area contributed by atoms with Crippen LogP contribution >= 0.6 is 0 Å². The molecule has 0 bridgehead atoms. The van der Waals surface area contributed by atoms with Crippen LogP contribution in [0.1, 0.15) is 23.8 Å². The van der Waals surface area contributed by atoms with Crippen molar-refractivity contribution in [2.24, 2.45) is 0 Å². The third-order valence-electron chi connectivity index (χ3n) is 2.50. The minimum Gasteiger partial charge on any atom is -0.456 e. The van der Waals surface area contributed by atoms with Crippen LogP contribution in [0.15, 0.2) is 48.4 Å². The van der Waals surface area contributed by atoms with Crippen molar-refractivity contribution in [1.29, 1.82) is 0 Å². The summed E-state index contributed by atoms with van der Waals surface area (Å²) in [7, 11) is 0. The highest BCUT2D eigenvalue weighted by Crippen LogP contribution is 2.29. The normalized spacial score (nSPS) is 10.2. The Morgan fingerprint density at radius 1 is 1.24 bits per heavy atom. The van der Waals surface area contributed by atoms with Crippen LogP contribution in [0.5, 0.6) is 0 Å². The Morgan fingerprint density at radius 3 is 2.53 bits per heavy atom. The first-order chi connectivity index (χ1) is 8.27. The third kappa shape index (κ3) is 2.39. The summed E-state index contributed by atoms with van der Waals surface area (Å²) in [6, 6.07) is 6.16. The van der Waals surface area contributed by atoms with E-state index in [0.717, 1.165) is 27.9 Å². The lowest BCUT2D eigenvalue weighted by Crippen LogP contribution is -1.73. The number of rotatable bonds is 2. The molecule has 0 aliphatic rings. The molecule has 1 heteroatoms. The fraction of sp³-hybridized carbons (Fsp3) is 0.125. The maximum absolute atomic E-state index is 5.80. The molecular weight excluding hydrogens is 208 g/mol. The van der Waals surface area contributed by atoms with Crippen molar-refractivity contribution in [1.82, 2.24) is 0 Å². The molecule has 1 aromatic heterocycles. The van der Waals surface area contributed by atoms with Gasteiger partial charge in [-0.2, -0.15) is 0 Å². The maximum Gasteiger partial charge on any atom is 0.138 e. The van der Waals surface area contributed by atoms with Gasteiger partial charge >= 0.3 is 0 Å². The molecule has 17 heavy (non-hydrogen) atoms. The van der Waals surface area contributed by atoms with Gasteiger partial charge in [0.2, 0.25) is 0 Å². The van der Waals surface area contributed by atoms with E-state index in [1.54, 1.807) is 0 Å². The molecule has 88 valence electrons. The van der Waals surface area contributed by atoms with Crippen LogP contribution < -0.4 is 0 Å². The largest absolute Gasteiger partial charge is 0.456 e. The second kappa shape index (κ2) is 5.90. The van der Waals surface area contributed by atoms with Crippen LogP contribution in [0.25, 0.3) is 23.1 Å². The molecular formula is C16H18O. The van der Waals surface area contributed by atoms with Crippen molar-refractivity contribution in [2.75, 3.05) is 0 Å². The number of aryl methyl sites for hydroxylation is 1. The number of benzene rings is 1. The van der Waals surface area contributed by atoms with Gasteiger partial charge in [0, 0.05) is 10.9 Å². The molecule has 0 N–H and O–H groups in total. The fourth-order valence-electron chi connectivity index (χ4n) is 1.78. The highest BCUT2D eigenvalue weighted by molar-refractivity contribution is 5.92. The Balaban J connectivity index is 0.000000686. The second-order valence-electron chi connectivity index (χ2n) is 3.54. The van der Waals surface area contributed by atoms with E-state index in [2.05, 4.69) is 38.8 Å². The highest BCUT2D eigenvalue weighted by atomic mass is 16.3. The van der Waals surface area contributed by atoms with Crippen LogP contribution in [0.3, 0.4) is 0 Å². The smallest absolute Gasteiger partial charge is 0.138 e. The molecule has 0 amide bonds. The summed E-state index contributed by atoms with van der Waals surface area (Å²) in [6.07, 6.45) is 5.79. The van der Waals surface area contributed by atoms with Crippen LogP contribution in [-0.4, -0.2) is 0 Å². The first-order valence-corrected chi connectivity index (χ1v) is 5.55. The molecule has 1 nitrogen and oxygen atoms in total. The zero-order valence-electron chi connectivity index (χ0n) is 10.5. The number of allylic oxidation sites excluding steroid dienone is 1. The van der Waals surface area contributed by atoms with Crippen LogP contribution in [0, 0.1) is 6.92 Å². The van der Waals surface area contributed by atoms with Crippen molar-refractivity contribution >= 4 is 23.1 Å². The van der Waals surface area contributed by atoms with E-state index in [1.165, 1.54) is 0 Å². The lowest BCUT2D eigenvalue weighted by molar-refractivity contribution is 0.601. The predicted molar refractivity (Wildman–Crippen MR) is 77.0 cm³/mol. The maximum atomic E-state index is 5.80. The van der Waals surface area contributed by atoms with E-state index in [4.69, 9.17) is 4.42 Å². The Kier molecular flexibility index (Phi) is 4.53. The van der Waals surface area contributed by atoms with E-state index in [-0.39, 0.29) is 0 Å². The van der Waals surface area contributed by atoms with Gasteiger partial charge in [-0.1, -0.05) is 36.9 Å². The van der Waals surface area contributed by atoms with Crippen molar-refractivity contribution < 1.29 is 4.42 Å². The van der Waals surface area contributed by atoms with Crippen molar-refractivity contribution in [3.63, 3.8) is 0 Å². The number of hydrogen-bond acceptors (Lipinski definition) is 1. The van der Waals surface area contributed by atoms with E-state index >= 15 is 0 Å². The Bertz CT molecular complexity index is 544. The Morgan fingerprint density at radius 2 is 1.94 bits per heavy atom. The Labute approximate surface area is 103 Å². The molecule has 0 fully saturated rings. The van der Waals surface area contributed by atoms with Crippen LogP contribution in [0.2, 0.25) is 0 Å². The molecule has 1 aromatic carbocycles. The van der Waals surface area contributed by atoms with Gasteiger partial charge in [0.05, 0.1) is 0 Å². The summed E-state index contributed by atoms with van der Waals surface area (Å²) in [5, 5.41) is 1.14. The summed E-state index contributed by atoms with van der Waals surface area (Å²) < 4.78 is 5.80. The summed E-state index contributed by atoms with van der Waals surface area (Å²) in [6.45, 7) is 13.9. The number of hydrogen-bond donors (Lipinski definition) is 0. The molecule has 0 unspecified atom stereocenters. The second-order valence-corrected chi connectivity index (χ2v) is 3.54. The van der Waals surface area contributed by atoms with E-state index in [9.17, 15) is 0 Å². The van der Waals surface area contributed by atoms with Gasteiger partial charge in [-0.15, -0.1) is 13.2 Å². The highest BCUT2D eigenvalue weighted by Gasteiger charge is 2.10. The molecule has 0 aliphatic carbocycles. The van der Waals surface area contributed by atoms with Gasteiger partial charge in [-0.05, 0) is 25.5 Å². The van der Waals surface area contributed by atoms with Gasteiger partial charge in [-0.3, -0.25) is 0 Å². The zero-order chi connectivity index (χ0) is 12.8. The number of furan rings is 1. The molecule has 0 atom stereocenters. The lowest BCUT2D eigenvalue weighted by Gasteiger charge is -1.92. The molecule has 1 heterocycles. The summed E-state index contributed by atoms with van der Waals surface area (Å²) in [4.78, 5) is 0. The summed E-state index contributed by atoms with van der Waals surface area (Å²) in [5.41, 5.74) is 3.19. The van der Waals surface area contributed by atoms with Crippen LogP contribution in [-0.2, 0) is 0 Å². The fourth-order valence-corrected chi connectivity index (χ4v) is 1.78. The number of para-hydroxylation sites is 1. The van der Waals surface area contributed by atoms with E-state index in [0.29, 0.717) is 0 Å². The molecule has 0 saturated heterocycles. The first kappa shape index (κ1) is 13.0. The molecule has 0 radical (unpaired) electrons. The predicted octanol–water partition coefficient (Wildman–Crippen LogP) is 5.22. The van der Waals surface area contributed by atoms with Crippen LogP contribution in [0.4, 0.5) is 0 Å². The number of fused-ring (bicyclic) bond motifs is 1. The summed E-state index contributed by atoms with van der Waals surface area (Å²) in [5.74, 6) is 0.886. The van der Waals surface area contributed by atoms with Gasteiger partial charge in [-0.25, -0.2) is 0 Å². The van der Waals surface area contributed by atoms with Gasteiger partial charge in [0.15, 0.2) is 0 Å². The van der Waals surface area contributed by atoms with Gasteiger partial charge < -0.3 is 4.42 Å². The minimum absolute atomic E-state index is 0.886. The standard InChI is InChI=1S/C14H14O.C2H4/c1-4-7-13-11(5-2)12-9-6-8-10(3)14(12)15-13;1-2/h4-9H,2H2,1,3H3;1-2H2/b7-4-;. The SMILES string of the molecule is C=C.C=Cc1c(/C=C\C)oc2c(C)cccc12. The molecule has 0 aliphatic heterocycles. The quantitative estimate of drug-likeness (QED) is 0.640. The lowest BCUT2D eigenvalue weighted by atomic mass is 10.1. The van der Waals surface area contributed by atoms with Gasteiger partial charge in [0.1, 0.15) is 11.3 Å².